The topological polar surface area (TPSA) is 139 Å². The first-order chi connectivity index (χ1) is 15.9. The SMILES string of the molecule is Cc1oc2c(C)c3oc(=O)c(CCC(=O)NCC(=O)NC(C(=O)O)C(C)C)c(C)c3cc2c1C. The van der Waals surface area contributed by atoms with Gasteiger partial charge in [0.2, 0.25) is 11.8 Å². The Bertz CT molecular complexity index is 1350. The zero-order valence-electron chi connectivity index (χ0n) is 20.3. The molecule has 9 heteroatoms. The molecule has 0 radical (unpaired) electrons. The van der Waals surface area contributed by atoms with Crippen molar-refractivity contribution in [2.24, 2.45) is 5.92 Å². The lowest BCUT2D eigenvalue weighted by Crippen LogP contribution is -2.48. The summed E-state index contributed by atoms with van der Waals surface area (Å²) < 4.78 is 11.5. The maximum Gasteiger partial charge on any atom is 0.339 e. The second-order valence-electron chi connectivity index (χ2n) is 8.94. The molecule has 0 aliphatic carbocycles. The number of carboxylic acids is 1. The van der Waals surface area contributed by atoms with E-state index in [1.165, 1.54) is 0 Å². The van der Waals surface area contributed by atoms with E-state index in [0.29, 0.717) is 16.7 Å². The summed E-state index contributed by atoms with van der Waals surface area (Å²) in [5, 5.41) is 15.7. The molecule has 0 fully saturated rings. The first-order valence-corrected chi connectivity index (χ1v) is 11.2. The second kappa shape index (κ2) is 9.70. The van der Waals surface area contributed by atoms with Gasteiger partial charge in [0.15, 0.2) is 0 Å². The van der Waals surface area contributed by atoms with Gasteiger partial charge in [0, 0.05) is 28.3 Å². The fourth-order valence-corrected chi connectivity index (χ4v) is 4.03. The van der Waals surface area contributed by atoms with E-state index < -0.39 is 29.5 Å². The van der Waals surface area contributed by atoms with Crippen LogP contribution in [0.5, 0.6) is 0 Å². The Morgan fingerprint density at radius 3 is 2.18 bits per heavy atom. The Balaban J connectivity index is 1.74. The summed E-state index contributed by atoms with van der Waals surface area (Å²) in [6, 6.07) is 0.912. The summed E-state index contributed by atoms with van der Waals surface area (Å²) in [4.78, 5) is 48.2. The van der Waals surface area contributed by atoms with Gasteiger partial charge in [-0.3, -0.25) is 9.59 Å². The Labute approximate surface area is 196 Å². The molecule has 0 saturated carbocycles. The third-order valence-corrected chi connectivity index (χ3v) is 6.24. The molecule has 1 atom stereocenters. The molecule has 3 rings (SSSR count). The van der Waals surface area contributed by atoms with Crippen molar-refractivity contribution in [3.05, 3.63) is 44.5 Å². The van der Waals surface area contributed by atoms with Crippen LogP contribution in [0, 0.1) is 33.6 Å². The van der Waals surface area contributed by atoms with Crippen LogP contribution in [0.2, 0.25) is 0 Å². The molecule has 0 saturated heterocycles. The van der Waals surface area contributed by atoms with Crippen LogP contribution in [-0.4, -0.2) is 35.5 Å². The van der Waals surface area contributed by atoms with Crippen molar-refractivity contribution in [2.45, 2.75) is 60.4 Å². The average Bonchev–Trinajstić information content (AvgIpc) is 3.05. The Kier molecular flexibility index (Phi) is 7.14. The van der Waals surface area contributed by atoms with Crippen molar-refractivity contribution < 1.29 is 28.3 Å². The Morgan fingerprint density at radius 2 is 1.56 bits per heavy atom. The normalized spacial score (nSPS) is 12.3. The maximum absolute atomic E-state index is 12.7. The molecule has 2 amide bonds. The van der Waals surface area contributed by atoms with E-state index in [1.54, 1.807) is 13.8 Å². The molecule has 0 bridgehead atoms. The lowest BCUT2D eigenvalue weighted by Gasteiger charge is -2.18. The van der Waals surface area contributed by atoms with Crippen LogP contribution in [0.25, 0.3) is 21.9 Å². The molecule has 182 valence electrons. The largest absolute Gasteiger partial charge is 0.480 e. The van der Waals surface area contributed by atoms with Crippen molar-refractivity contribution in [1.82, 2.24) is 10.6 Å². The van der Waals surface area contributed by atoms with E-state index in [0.717, 1.165) is 33.2 Å². The number of benzene rings is 1. The van der Waals surface area contributed by atoms with Gasteiger partial charge in [-0.15, -0.1) is 0 Å². The van der Waals surface area contributed by atoms with E-state index >= 15 is 0 Å². The minimum Gasteiger partial charge on any atom is -0.480 e. The van der Waals surface area contributed by atoms with Gasteiger partial charge < -0.3 is 24.6 Å². The average molecular weight is 471 g/mol. The molecule has 0 aliphatic heterocycles. The number of amides is 2. The van der Waals surface area contributed by atoms with Crippen LogP contribution in [-0.2, 0) is 20.8 Å². The molecule has 1 unspecified atom stereocenters. The van der Waals surface area contributed by atoms with Crippen LogP contribution < -0.4 is 16.3 Å². The summed E-state index contributed by atoms with van der Waals surface area (Å²) in [5.74, 6) is -1.66. The van der Waals surface area contributed by atoms with Crippen molar-refractivity contribution in [2.75, 3.05) is 6.54 Å². The summed E-state index contributed by atoms with van der Waals surface area (Å²) >= 11 is 0. The third-order valence-electron chi connectivity index (χ3n) is 6.24. The highest BCUT2D eigenvalue weighted by Gasteiger charge is 2.23. The van der Waals surface area contributed by atoms with E-state index in [1.807, 2.05) is 33.8 Å². The van der Waals surface area contributed by atoms with E-state index in [-0.39, 0.29) is 25.3 Å². The molecule has 9 nitrogen and oxygen atoms in total. The van der Waals surface area contributed by atoms with Crippen molar-refractivity contribution in [1.29, 1.82) is 0 Å². The lowest BCUT2D eigenvalue weighted by atomic mass is 9.98. The van der Waals surface area contributed by atoms with Crippen molar-refractivity contribution >= 4 is 39.7 Å². The maximum atomic E-state index is 12.7. The number of nitrogens with one attached hydrogen (secondary N) is 2. The number of carbonyl (C=O) groups is 3. The minimum absolute atomic E-state index is 0.0258. The van der Waals surface area contributed by atoms with Crippen LogP contribution >= 0.6 is 0 Å². The van der Waals surface area contributed by atoms with Gasteiger partial charge >= 0.3 is 11.6 Å². The monoisotopic (exact) mass is 470 g/mol. The minimum atomic E-state index is -1.14. The molecule has 34 heavy (non-hydrogen) atoms. The first-order valence-electron chi connectivity index (χ1n) is 11.2. The highest BCUT2D eigenvalue weighted by atomic mass is 16.4. The molecule has 3 N–H and O–H groups in total. The van der Waals surface area contributed by atoms with Gasteiger partial charge in [-0.2, -0.15) is 0 Å². The summed E-state index contributed by atoms with van der Waals surface area (Å²) in [7, 11) is 0. The van der Waals surface area contributed by atoms with Crippen molar-refractivity contribution in [3.8, 4) is 0 Å². The predicted octanol–water partition coefficient (Wildman–Crippen LogP) is 3.05. The fourth-order valence-electron chi connectivity index (χ4n) is 4.03. The number of rotatable bonds is 8. The van der Waals surface area contributed by atoms with Crippen molar-refractivity contribution in [3.63, 3.8) is 0 Å². The van der Waals surface area contributed by atoms with Crippen LogP contribution in [0.3, 0.4) is 0 Å². The predicted molar refractivity (Wildman–Crippen MR) is 127 cm³/mol. The Hall–Kier alpha value is -3.62. The fraction of sp³-hybridized carbons (Fsp3) is 0.440. The zero-order valence-corrected chi connectivity index (χ0v) is 20.3. The molecule has 0 spiro atoms. The number of hydrogen-bond donors (Lipinski definition) is 3. The number of furan rings is 1. The number of hydrogen-bond acceptors (Lipinski definition) is 6. The van der Waals surface area contributed by atoms with Crippen LogP contribution in [0.1, 0.15) is 48.3 Å². The van der Waals surface area contributed by atoms with Crippen LogP contribution in [0.15, 0.2) is 19.7 Å². The lowest BCUT2D eigenvalue weighted by molar-refractivity contribution is -0.143. The molecule has 3 aromatic rings. The van der Waals surface area contributed by atoms with Gasteiger partial charge in [0.25, 0.3) is 0 Å². The van der Waals surface area contributed by atoms with E-state index in [9.17, 15) is 19.2 Å². The molecule has 2 heterocycles. The summed E-state index contributed by atoms with van der Waals surface area (Å²) in [5.41, 5.74) is 3.55. The highest BCUT2D eigenvalue weighted by Crippen LogP contribution is 2.34. The Morgan fingerprint density at radius 1 is 0.941 bits per heavy atom. The summed E-state index contributed by atoms with van der Waals surface area (Å²) in [6.07, 6.45) is 0.115. The second-order valence-corrected chi connectivity index (χ2v) is 8.94. The number of fused-ring (bicyclic) bond motifs is 2. The van der Waals surface area contributed by atoms with Crippen LogP contribution in [0.4, 0.5) is 0 Å². The number of aryl methyl sites for hydroxylation is 4. The molecular weight excluding hydrogens is 440 g/mol. The smallest absolute Gasteiger partial charge is 0.339 e. The van der Waals surface area contributed by atoms with Gasteiger partial charge in [0.1, 0.15) is 23.0 Å². The van der Waals surface area contributed by atoms with Gasteiger partial charge in [-0.05, 0) is 57.2 Å². The van der Waals surface area contributed by atoms with E-state index in [4.69, 9.17) is 13.9 Å². The molecule has 1 aromatic carbocycles. The number of carbonyl (C=O) groups excluding carboxylic acids is 2. The highest BCUT2D eigenvalue weighted by molar-refractivity contribution is 6.00. The first kappa shape index (κ1) is 25.0. The standard InChI is InChI=1S/C25H30N2O7/c1-11(2)21(24(30)31)27-20(29)10-26-19(28)8-7-16-13(4)18-9-17-12(3)15(6)33-22(17)14(5)23(18)34-25(16)32/h9,11,21H,7-8,10H2,1-6H3,(H,26,28)(H,27,29)(H,30,31). The number of carboxylic acid groups (broad SMARTS) is 1. The van der Waals surface area contributed by atoms with Gasteiger partial charge in [-0.25, -0.2) is 9.59 Å². The summed E-state index contributed by atoms with van der Waals surface area (Å²) in [6.45, 7) is 10.5. The van der Waals surface area contributed by atoms with Gasteiger partial charge in [0.05, 0.1) is 6.54 Å². The number of aliphatic carboxylic acids is 1. The molecule has 0 aliphatic rings. The van der Waals surface area contributed by atoms with E-state index in [2.05, 4.69) is 10.6 Å². The molecular formula is C25H30N2O7. The zero-order chi connectivity index (χ0) is 25.3. The third kappa shape index (κ3) is 4.83. The molecule has 2 aromatic heterocycles. The van der Waals surface area contributed by atoms with Gasteiger partial charge in [-0.1, -0.05) is 13.8 Å². The quantitative estimate of drug-likeness (QED) is 0.430.